The van der Waals surface area contributed by atoms with Gasteiger partial charge >= 0.3 is 6.09 Å². The Morgan fingerprint density at radius 3 is 2.00 bits per heavy atom. The standard InChI is InChI=1S/C9H18N2O3S/c1-6(12)11-9(15-5,8(2,3)4)14-7(10)13/h1-5H3,(H2,10,13)(H,11,12). The van der Waals surface area contributed by atoms with Gasteiger partial charge in [0.05, 0.1) is 0 Å². The van der Waals surface area contributed by atoms with Crippen LogP contribution in [0.2, 0.25) is 0 Å². The van der Waals surface area contributed by atoms with Gasteiger partial charge in [0.2, 0.25) is 11.0 Å². The molecule has 1 unspecified atom stereocenters. The monoisotopic (exact) mass is 234 g/mol. The second-order valence-corrected chi connectivity index (χ2v) is 5.16. The van der Waals surface area contributed by atoms with Crippen LogP contribution in [0.5, 0.6) is 0 Å². The van der Waals surface area contributed by atoms with Crippen molar-refractivity contribution in [1.82, 2.24) is 5.32 Å². The number of hydrogen-bond acceptors (Lipinski definition) is 4. The van der Waals surface area contributed by atoms with Gasteiger partial charge in [-0.25, -0.2) is 4.79 Å². The maximum Gasteiger partial charge on any atom is 0.407 e. The Kier molecular flexibility index (Phi) is 4.45. The van der Waals surface area contributed by atoms with E-state index in [9.17, 15) is 9.59 Å². The molecule has 3 N–H and O–H groups in total. The molecule has 0 aromatic rings. The first kappa shape index (κ1) is 14.1. The third kappa shape index (κ3) is 3.62. The number of hydrogen-bond donors (Lipinski definition) is 2. The van der Waals surface area contributed by atoms with Crippen molar-refractivity contribution in [2.24, 2.45) is 11.1 Å². The summed E-state index contributed by atoms with van der Waals surface area (Å²) in [6.07, 6.45) is 0.831. The van der Waals surface area contributed by atoms with Crippen molar-refractivity contribution in [3.05, 3.63) is 0 Å². The minimum Gasteiger partial charge on any atom is -0.413 e. The van der Waals surface area contributed by atoms with Gasteiger partial charge in [-0.3, -0.25) is 4.79 Å². The molecule has 1 atom stereocenters. The smallest absolute Gasteiger partial charge is 0.407 e. The predicted molar refractivity (Wildman–Crippen MR) is 60.2 cm³/mol. The lowest BCUT2D eigenvalue weighted by molar-refractivity contribution is -0.126. The van der Waals surface area contributed by atoms with Crippen LogP contribution in [0.4, 0.5) is 4.79 Å². The Balaban J connectivity index is 5.10. The first-order chi connectivity index (χ1) is 6.64. The lowest BCUT2D eigenvalue weighted by atomic mass is 9.93. The van der Waals surface area contributed by atoms with E-state index in [1.807, 2.05) is 20.8 Å². The molecular weight excluding hydrogens is 216 g/mol. The highest BCUT2D eigenvalue weighted by Gasteiger charge is 2.46. The van der Waals surface area contributed by atoms with E-state index in [0.29, 0.717) is 0 Å². The number of primary amides is 1. The molecule has 0 saturated heterocycles. The van der Waals surface area contributed by atoms with Gasteiger partial charge in [-0.2, -0.15) is 0 Å². The molecule has 0 radical (unpaired) electrons. The average molecular weight is 234 g/mol. The molecule has 15 heavy (non-hydrogen) atoms. The number of thioether (sulfide) groups is 1. The average Bonchev–Trinajstić information content (AvgIpc) is 1.98. The number of ether oxygens (including phenoxy) is 1. The number of nitrogens with one attached hydrogen (secondary N) is 1. The molecule has 0 aromatic heterocycles. The number of nitrogens with two attached hydrogens (primary N) is 1. The summed E-state index contributed by atoms with van der Waals surface area (Å²) in [5, 5.41) is 1.48. The van der Waals surface area contributed by atoms with Crippen LogP contribution in [0, 0.1) is 5.41 Å². The molecule has 0 heterocycles. The Hall–Kier alpha value is -0.910. The Bertz CT molecular complexity index is 245. The molecule has 0 bridgehead atoms. The topological polar surface area (TPSA) is 81.4 Å². The maximum atomic E-state index is 11.1. The van der Waals surface area contributed by atoms with Gasteiger partial charge in [0.15, 0.2) is 0 Å². The zero-order valence-electron chi connectivity index (χ0n) is 9.71. The van der Waals surface area contributed by atoms with Crippen LogP contribution in [-0.2, 0) is 9.53 Å². The Morgan fingerprint density at radius 1 is 1.33 bits per heavy atom. The number of rotatable bonds is 3. The third-order valence-corrected chi connectivity index (χ3v) is 3.23. The van der Waals surface area contributed by atoms with Gasteiger partial charge in [-0.15, -0.1) is 0 Å². The zero-order chi connectivity index (χ0) is 12.3. The van der Waals surface area contributed by atoms with Gasteiger partial charge < -0.3 is 15.8 Å². The van der Waals surface area contributed by atoms with E-state index in [1.165, 1.54) is 18.7 Å². The summed E-state index contributed by atoms with van der Waals surface area (Å²) in [5.74, 6) is -0.277. The summed E-state index contributed by atoms with van der Waals surface area (Å²) in [6, 6.07) is 0. The molecule has 0 aliphatic carbocycles. The fraction of sp³-hybridized carbons (Fsp3) is 0.778. The first-order valence-electron chi connectivity index (χ1n) is 4.47. The van der Waals surface area contributed by atoms with E-state index in [0.717, 1.165) is 0 Å². The molecule has 5 nitrogen and oxygen atoms in total. The highest BCUT2D eigenvalue weighted by atomic mass is 32.2. The maximum absolute atomic E-state index is 11.1. The predicted octanol–water partition coefficient (Wildman–Crippen LogP) is 1.28. The van der Waals surface area contributed by atoms with Crippen molar-refractivity contribution in [1.29, 1.82) is 0 Å². The summed E-state index contributed by atoms with van der Waals surface area (Å²) in [5.41, 5.74) is 4.54. The second-order valence-electron chi connectivity index (χ2n) is 4.17. The number of carbonyl (C=O) groups is 2. The van der Waals surface area contributed by atoms with Crippen molar-refractivity contribution < 1.29 is 14.3 Å². The third-order valence-electron chi connectivity index (χ3n) is 1.86. The van der Waals surface area contributed by atoms with Gasteiger partial charge in [-0.1, -0.05) is 32.5 Å². The summed E-state index contributed by atoms with van der Waals surface area (Å²) >= 11 is 1.23. The molecular formula is C9H18N2O3S. The van der Waals surface area contributed by atoms with Crippen LogP contribution >= 0.6 is 11.8 Å². The van der Waals surface area contributed by atoms with Crippen LogP contribution in [0.1, 0.15) is 27.7 Å². The molecule has 0 spiro atoms. The van der Waals surface area contributed by atoms with Crippen molar-refractivity contribution >= 4 is 23.8 Å². The molecule has 0 saturated carbocycles. The molecule has 0 aliphatic rings. The molecule has 0 aliphatic heterocycles. The van der Waals surface area contributed by atoms with Crippen LogP contribution in [0.25, 0.3) is 0 Å². The van der Waals surface area contributed by atoms with Crippen LogP contribution < -0.4 is 11.1 Å². The number of carbonyl (C=O) groups excluding carboxylic acids is 2. The molecule has 6 heteroatoms. The van der Waals surface area contributed by atoms with Crippen LogP contribution in [0.3, 0.4) is 0 Å². The van der Waals surface area contributed by atoms with Crippen molar-refractivity contribution in [3.63, 3.8) is 0 Å². The minimum absolute atomic E-state index is 0.277. The van der Waals surface area contributed by atoms with E-state index in [-0.39, 0.29) is 5.91 Å². The molecule has 2 amide bonds. The van der Waals surface area contributed by atoms with E-state index in [4.69, 9.17) is 10.5 Å². The fourth-order valence-electron chi connectivity index (χ4n) is 1.14. The zero-order valence-corrected chi connectivity index (χ0v) is 10.5. The molecule has 0 aromatic carbocycles. The summed E-state index contributed by atoms with van der Waals surface area (Å²) in [6.45, 7) is 6.91. The summed E-state index contributed by atoms with van der Waals surface area (Å²) in [4.78, 5) is 21.9. The second kappa shape index (κ2) is 4.74. The van der Waals surface area contributed by atoms with Crippen LogP contribution in [0.15, 0.2) is 0 Å². The summed E-state index contributed by atoms with van der Waals surface area (Å²) < 4.78 is 5.03. The first-order valence-corrected chi connectivity index (χ1v) is 5.69. The lowest BCUT2D eigenvalue weighted by Gasteiger charge is -2.41. The minimum atomic E-state index is -1.13. The van der Waals surface area contributed by atoms with Gasteiger partial charge in [0.1, 0.15) is 0 Å². The fourth-order valence-corrected chi connectivity index (χ4v) is 2.16. The Labute approximate surface area is 94.1 Å². The van der Waals surface area contributed by atoms with Gasteiger partial charge in [0, 0.05) is 12.3 Å². The van der Waals surface area contributed by atoms with Crippen LogP contribution in [-0.4, -0.2) is 23.3 Å². The van der Waals surface area contributed by atoms with Crippen molar-refractivity contribution in [2.45, 2.75) is 32.8 Å². The largest absolute Gasteiger partial charge is 0.413 e. The SMILES string of the molecule is CSC(NC(C)=O)(OC(N)=O)C(C)(C)C. The molecule has 0 fully saturated rings. The van der Waals surface area contributed by atoms with Crippen molar-refractivity contribution in [3.8, 4) is 0 Å². The highest BCUT2D eigenvalue weighted by molar-refractivity contribution is 7.99. The molecule has 88 valence electrons. The normalized spacial score (nSPS) is 15.3. The van der Waals surface area contributed by atoms with Gasteiger partial charge in [-0.05, 0) is 6.26 Å². The quantitative estimate of drug-likeness (QED) is 0.721. The van der Waals surface area contributed by atoms with E-state index < -0.39 is 16.6 Å². The van der Waals surface area contributed by atoms with E-state index in [2.05, 4.69) is 5.32 Å². The van der Waals surface area contributed by atoms with E-state index in [1.54, 1.807) is 6.26 Å². The van der Waals surface area contributed by atoms with Gasteiger partial charge in [0.25, 0.3) is 0 Å². The van der Waals surface area contributed by atoms with Crippen molar-refractivity contribution in [2.75, 3.05) is 6.26 Å². The number of amides is 2. The highest BCUT2D eigenvalue weighted by Crippen LogP contribution is 2.39. The molecule has 0 rings (SSSR count). The summed E-state index contributed by atoms with van der Waals surface area (Å²) in [7, 11) is 0. The Morgan fingerprint density at radius 2 is 1.80 bits per heavy atom. The van der Waals surface area contributed by atoms with E-state index >= 15 is 0 Å². The lowest BCUT2D eigenvalue weighted by Crippen LogP contribution is -2.57.